The lowest BCUT2D eigenvalue weighted by Gasteiger charge is -2.17. The quantitative estimate of drug-likeness (QED) is 0.515. The largest absolute Gasteiger partial charge is 0.322 e. The summed E-state index contributed by atoms with van der Waals surface area (Å²) < 4.78 is 0. The van der Waals surface area contributed by atoms with Crippen molar-refractivity contribution >= 4 is 34.0 Å². The topological polar surface area (TPSA) is 49.4 Å². The second kappa shape index (κ2) is 7.48. The molecule has 0 atom stereocenters. The number of carbonyl (C=O) groups is 2. The molecule has 4 aromatic carbocycles. The molecule has 0 unspecified atom stereocenters. The van der Waals surface area contributed by atoms with E-state index in [1.54, 1.807) is 24.3 Å². The molecule has 0 bridgehead atoms. The first kappa shape index (κ1) is 18.1. The summed E-state index contributed by atoms with van der Waals surface area (Å²) in [6, 6.07) is 28.6. The van der Waals surface area contributed by atoms with Crippen LogP contribution >= 0.6 is 0 Å². The van der Waals surface area contributed by atoms with Crippen molar-refractivity contribution in [3.8, 4) is 0 Å². The highest BCUT2D eigenvalue weighted by molar-refractivity contribution is 6.13. The smallest absolute Gasteiger partial charge is 0.258 e. The van der Waals surface area contributed by atoms with Gasteiger partial charge in [-0.1, -0.05) is 54.6 Å². The summed E-state index contributed by atoms with van der Waals surface area (Å²) in [6.45, 7) is 0.692. The Morgan fingerprint density at radius 3 is 2.37 bits per heavy atom. The summed E-state index contributed by atoms with van der Waals surface area (Å²) >= 11 is 0. The van der Waals surface area contributed by atoms with Crippen molar-refractivity contribution < 1.29 is 9.59 Å². The van der Waals surface area contributed by atoms with Crippen LogP contribution in [0.25, 0.3) is 10.8 Å². The summed E-state index contributed by atoms with van der Waals surface area (Å²) in [5.41, 5.74) is 4.07. The molecule has 0 fully saturated rings. The van der Waals surface area contributed by atoms with E-state index in [0.29, 0.717) is 23.4 Å². The number of nitrogens with one attached hydrogen (secondary N) is 1. The Bertz CT molecular complexity index is 1260. The van der Waals surface area contributed by atoms with Gasteiger partial charge in [0, 0.05) is 29.0 Å². The van der Waals surface area contributed by atoms with Crippen molar-refractivity contribution in [1.29, 1.82) is 0 Å². The molecule has 1 N–H and O–H groups in total. The van der Waals surface area contributed by atoms with E-state index in [1.165, 1.54) is 5.56 Å². The Morgan fingerprint density at radius 1 is 0.767 bits per heavy atom. The number of carbonyl (C=O) groups excluding carboxylic acids is 2. The molecule has 0 radical (unpaired) electrons. The first-order chi connectivity index (χ1) is 14.7. The monoisotopic (exact) mass is 392 g/mol. The average molecular weight is 392 g/mol. The second-order valence-corrected chi connectivity index (χ2v) is 7.39. The lowest BCUT2D eigenvalue weighted by Crippen LogP contribution is -2.28. The number of hydrogen-bond acceptors (Lipinski definition) is 2. The highest BCUT2D eigenvalue weighted by atomic mass is 16.2. The number of amides is 2. The van der Waals surface area contributed by atoms with Crippen LogP contribution in [0.1, 0.15) is 26.3 Å². The third-order valence-corrected chi connectivity index (χ3v) is 5.56. The first-order valence-electron chi connectivity index (χ1n) is 10.00. The van der Waals surface area contributed by atoms with Crippen molar-refractivity contribution in [2.75, 3.05) is 16.8 Å². The lowest BCUT2D eigenvalue weighted by atomic mass is 10.0. The third kappa shape index (κ3) is 3.22. The van der Waals surface area contributed by atoms with Gasteiger partial charge in [-0.25, -0.2) is 0 Å². The third-order valence-electron chi connectivity index (χ3n) is 5.56. The van der Waals surface area contributed by atoms with E-state index >= 15 is 0 Å². The Labute approximate surface area is 174 Å². The molecule has 4 heteroatoms. The fraction of sp³-hybridized carbons (Fsp3) is 0.0769. The second-order valence-electron chi connectivity index (χ2n) is 7.39. The lowest BCUT2D eigenvalue weighted by molar-refractivity contribution is 0.0988. The average Bonchev–Trinajstić information content (AvgIpc) is 3.23. The Balaban J connectivity index is 1.34. The molecule has 2 amide bonds. The summed E-state index contributed by atoms with van der Waals surface area (Å²) in [7, 11) is 0. The number of nitrogens with zero attached hydrogens (tertiary/aromatic N) is 1. The van der Waals surface area contributed by atoms with Crippen LogP contribution in [0.5, 0.6) is 0 Å². The van der Waals surface area contributed by atoms with Gasteiger partial charge in [0.05, 0.1) is 0 Å². The highest BCUT2D eigenvalue weighted by Crippen LogP contribution is 2.29. The highest BCUT2D eigenvalue weighted by Gasteiger charge is 2.25. The molecule has 30 heavy (non-hydrogen) atoms. The van der Waals surface area contributed by atoms with Crippen molar-refractivity contribution in [1.82, 2.24) is 0 Å². The van der Waals surface area contributed by atoms with E-state index in [0.717, 1.165) is 22.9 Å². The molecule has 4 aromatic rings. The standard InChI is InChI=1S/C26H20N2O2/c29-25(23-10-5-8-18-6-1-3-9-22(18)23)27-21-14-12-20(13-15-21)26(30)28-17-16-19-7-2-4-11-24(19)28/h1-15H,16-17H2,(H,27,29). The predicted octanol–water partition coefficient (Wildman–Crippen LogP) is 5.30. The van der Waals surface area contributed by atoms with Crippen LogP contribution in [0.4, 0.5) is 11.4 Å². The van der Waals surface area contributed by atoms with Gasteiger partial charge >= 0.3 is 0 Å². The van der Waals surface area contributed by atoms with Crippen molar-refractivity contribution in [2.24, 2.45) is 0 Å². The van der Waals surface area contributed by atoms with E-state index in [-0.39, 0.29) is 11.8 Å². The summed E-state index contributed by atoms with van der Waals surface area (Å²) in [5.74, 6) is -0.189. The Hall–Kier alpha value is -3.92. The minimum Gasteiger partial charge on any atom is -0.322 e. The molecule has 0 aromatic heterocycles. The fourth-order valence-electron chi connectivity index (χ4n) is 4.02. The van der Waals surface area contributed by atoms with E-state index in [4.69, 9.17) is 0 Å². The van der Waals surface area contributed by atoms with Crippen molar-refractivity contribution in [3.05, 3.63) is 108 Å². The maximum Gasteiger partial charge on any atom is 0.258 e. The number of para-hydroxylation sites is 1. The normalized spacial score (nSPS) is 12.6. The summed E-state index contributed by atoms with van der Waals surface area (Å²) in [4.78, 5) is 27.6. The molecule has 4 nitrogen and oxygen atoms in total. The maximum absolute atomic E-state index is 12.9. The van der Waals surface area contributed by atoms with Gasteiger partial charge in [0.2, 0.25) is 0 Å². The van der Waals surface area contributed by atoms with E-state index in [1.807, 2.05) is 65.6 Å². The first-order valence-corrected chi connectivity index (χ1v) is 10.00. The number of benzene rings is 4. The molecule has 146 valence electrons. The minimum absolute atomic E-state index is 0.0214. The Morgan fingerprint density at radius 2 is 1.50 bits per heavy atom. The molecular formula is C26H20N2O2. The molecule has 5 rings (SSSR count). The van der Waals surface area contributed by atoms with Gasteiger partial charge < -0.3 is 10.2 Å². The van der Waals surface area contributed by atoms with Crippen LogP contribution in [0.3, 0.4) is 0 Å². The van der Waals surface area contributed by atoms with Crippen molar-refractivity contribution in [2.45, 2.75) is 6.42 Å². The molecular weight excluding hydrogens is 372 g/mol. The van der Waals surface area contributed by atoms with Crippen LogP contribution in [0.15, 0.2) is 91.0 Å². The van der Waals surface area contributed by atoms with Crippen LogP contribution < -0.4 is 10.2 Å². The maximum atomic E-state index is 12.9. The number of hydrogen-bond donors (Lipinski definition) is 1. The minimum atomic E-state index is -0.167. The van der Waals surface area contributed by atoms with Gasteiger partial charge in [-0.3, -0.25) is 9.59 Å². The van der Waals surface area contributed by atoms with E-state index in [2.05, 4.69) is 11.4 Å². The van der Waals surface area contributed by atoms with E-state index < -0.39 is 0 Å². The Kier molecular flexibility index (Phi) is 4.52. The van der Waals surface area contributed by atoms with Gasteiger partial charge in [0.15, 0.2) is 0 Å². The van der Waals surface area contributed by atoms with Gasteiger partial charge in [0.1, 0.15) is 0 Å². The van der Waals surface area contributed by atoms with Crippen LogP contribution in [-0.2, 0) is 6.42 Å². The van der Waals surface area contributed by atoms with Crippen LogP contribution in [-0.4, -0.2) is 18.4 Å². The predicted molar refractivity (Wildman–Crippen MR) is 120 cm³/mol. The van der Waals surface area contributed by atoms with E-state index in [9.17, 15) is 9.59 Å². The molecule has 0 saturated heterocycles. The number of rotatable bonds is 3. The SMILES string of the molecule is O=C(Nc1ccc(C(=O)N2CCc3ccccc32)cc1)c1cccc2ccccc12. The fourth-order valence-corrected chi connectivity index (χ4v) is 4.02. The van der Waals surface area contributed by atoms with Gasteiger partial charge in [-0.15, -0.1) is 0 Å². The zero-order valence-corrected chi connectivity index (χ0v) is 16.3. The van der Waals surface area contributed by atoms with Gasteiger partial charge in [-0.05, 0) is 59.2 Å². The van der Waals surface area contributed by atoms with Gasteiger partial charge in [0.25, 0.3) is 11.8 Å². The molecule has 0 spiro atoms. The molecule has 0 aliphatic carbocycles. The summed E-state index contributed by atoms with van der Waals surface area (Å²) in [5, 5.41) is 4.88. The molecule has 0 saturated carbocycles. The molecule has 1 aliphatic rings. The van der Waals surface area contributed by atoms with Crippen molar-refractivity contribution in [3.63, 3.8) is 0 Å². The number of fused-ring (bicyclic) bond motifs is 2. The number of anilines is 2. The molecule has 1 aliphatic heterocycles. The molecule has 1 heterocycles. The zero-order chi connectivity index (χ0) is 20.5. The van der Waals surface area contributed by atoms with Crippen LogP contribution in [0, 0.1) is 0 Å². The zero-order valence-electron chi connectivity index (χ0n) is 16.3. The van der Waals surface area contributed by atoms with Gasteiger partial charge in [-0.2, -0.15) is 0 Å². The summed E-state index contributed by atoms with van der Waals surface area (Å²) in [6.07, 6.45) is 0.876. The van der Waals surface area contributed by atoms with Crippen LogP contribution in [0.2, 0.25) is 0 Å².